The number of benzene rings is 1. The van der Waals surface area contributed by atoms with Crippen LogP contribution in [0.1, 0.15) is 17.3 Å². The first-order chi connectivity index (χ1) is 11.0. The molecule has 122 valence electrons. The van der Waals surface area contributed by atoms with Crippen molar-refractivity contribution in [3.05, 3.63) is 48.3 Å². The zero-order valence-corrected chi connectivity index (χ0v) is 13.9. The van der Waals surface area contributed by atoms with E-state index in [9.17, 15) is 4.79 Å². The minimum atomic E-state index is -0.121. The van der Waals surface area contributed by atoms with Crippen LogP contribution in [0.15, 0.2) is 42.7 Å². The maximum Gasteiger partial charge on any atom is 0.252 e. The normalized spacial score (nSPS) is 11.8. The lowest BCUT2D eigenvalue weighted by atomic mass is 10.1. The molecule has 0 saturated carbocycles. The number of nitrogens with one attached hydrogen (secondary N) is 1. The van der Waals surface area contributed by atoms with Gasteiger partial charge in [0.25, 0.3) is 5.91 Å². The number of pyridine rings is 1. The zero-order chi connectivity index (χ0) is 16.8. The van der Waals surface area contributed by atoms with Gasteiger partial charge in [0.1, 0.15) is 0 Å². The molecule has 5 heteroatoms. The summed E-state index contributed by atoms with van der Waals surface area (Å²) in [6.45, 7) is 3.12. The number of amides is 1. The average Bonchev–Trinajstić information content (AvgIpc) is 2.59. The van der Waals surface area contributed by atoms with Crippen LogP contribution >= 0.6 is 0 Å². The van der Waals surface area contributed by atoms with Crippen LogP contribution in [0, 0.1) is 5.92 Å². The lowest BCUT2D eigenvalue weighted by Crippen LogP contribution is -2.31. The van der Waals surface area contributed by atoms with Gasteiger partial charge in [0.15, 0.2) is 0 Å². The van der Waals surface area contributed by atoms with Gasteiger partial charge in [-0.1, -0.05) is 19.1 Å². The Balaban J connectivity index is 2.14. The van der Waals surface area contributed by atoms with Crippen LogP contribution in [-0.4, -0.2) is 38.1 Å². The number of aromatic nitrogens is 1. The maximum atomic E-state index is 12.2. The van der Waals surface area contributed by atoms with E-state index in [-0.39, 0.29) is 11.8 Å². The van der Waals surface area contributed by atoms with Crippen LogP contribution in [0.25, 0.3) is 11.1 Å². The van der Waals surface area contributed by atoms with E-state index in [0.717, 1.165) is 16.8 Å². The fourth-order valence-corrected chi connectivity index (χ4v) is 2.13. The minimum Gasteiger partial charge on any atom is -0.378 e. The van der Waals surface area contributed by atoms with E-state index in [1.165, 1.54) is 0 Å². The molecule has 0 saturated heterocycles. The molecule has 1 heterocycles. The summed E-state index contributed by atoms with van der Waals surface area (Å²) >= 11 is 0. The van der Waals surface area contributed by atoms with Gasteiger partial charge in [0.05, 0.1) is 5.56 Å². The molecule has 0 aliphatic heterocycles. The number of rotatable bonds is 6. The third-order valence-corrected chi connectivity index (χ3v) is 3.73. The van der Waals surface area contributed by atoms with E-state index >= 15 is 0 Å². The summed E-state index contributed by atoms with van der Waals surface area (Å²) < 4.78 is 0. The molecule has 0 radical (unpaired) electrons. The molecule has 0 fully saturated rings. The van der Waals surface area contributed by atoms with Gasteiger partial charge in [-0.05, 0) is 36.2 Å². The fraction of sp³-hybridized carbons (Fsp3) is 0.333. The molecule has 0 bridgehead atoms. The Morgan fingerprint density at radius 3 is 2.52 bits per heavy atom. The number of carbonyl (C=O) groups excluding carboxylic acids is 1. The Morgan fingerprint density at radius 1 is 1.22 bits per heavy atom. The molecule has 0 aliphatic carbocycles. The van der Waals surface area contributed by atoms with E-state index in [1.807, 2.05) is 56.3 Å². The number of nitrogens with zero attached hydrogens (tertiary/aromatic N) is 2. The monoisotopic (exact) mass is 312 g/mol. The lowest BCUT2D eigenvalue weighted by Gasteiger charge is -2.13. The van der Waals surface area contributed by atoms with Crippen molar-refractivity contribution in [1.29, 1.82) is 0 Å². The van der Waals surface area contributed by atoms with Crippen molar-refractivity contribution >= 4 is 11.6 Å². The highest BCUT2D eigenvalue weighted by atomic mass is 16.1. The highest BCUT2D eigenvalue weighted by Crippen LogP contribution is 2.22. The lowest BCUT2D eigenvalue weighted by molar-refractivity contribution is 0.0948. The van der Waals surface area contributed by atoms with Crippen molar-refractivity contribution in [2.75, 3.05) is 32.1 Å². The predicted molar refractivity (Wildman–Crippen MR) is 94.6 cm³/mol. The molecular weight excluding hydrogens is 288 g/mol. The zero-order valence-electron chi connectivity index (χ0n) is 13.9. The predicted octanol–water partition coefficient (Wildman–Crippen LogP) is 2.14. The molecule has 1 aromatic carbocycles. The molecule has 1 atom stereocenters. The molecular formula is C18H24N4O. The van der Waals surface area contributed by atoms with Crippen molar-refractivity contribution in [2.45, 2.75) is 6.92 Å². The van der Waals surface area contributed by atoms with Gasteiger partial charge >= 0.3 is 0 Å². The maximum absolute atomic E-state index is 12.2. The molecule has 5 nitrogen and oxygen atoms in total. The second kappa shape index (κ2) is 7.74. The number of nitrogens with two attached hydrogens (primary N) is 1. The first-order valence-electron chi connectivity index (χ1n) is 7.72. The van der Waals surface area contributed by atoms with Crippen molar-refractivity contribution in [1.82, 2.24) is 10.3 Å². The van der Waals surface area contributed by atoms with Gasteiger partial charge in [0, 0.05) is 44.3 Å². The number of carbonyl (C=O) groups is 1. The van der Waals surface area contributed by atoms with Crippen molar-refractivity contribution in [2.24, 2.45) is 11.7 Å². The Bertz CT molecular complexity index is 652. The average molecular weight is 312 g/mol. The van der Waals surface area contributed by atoms with Crippen LogP contribution in [0.5, 0.6) is 0 Å². The number of hydrogen-bond acceptors (Lipinski definition) is 4. The molecule has 0 spiro atoms. The van der Waals surface area contributed by atoms with Crippen molar-refractivity contribution < 1.29 is 4.79 Å². The van der Waals surface area contributed by atoms with Crippen molar-refractivity contribution in [3.8, 4) is 11.1 Å². The van der Waals surface area contributed by atoms with Crippen LogP contribution < -0.4 is 16.0 Å². The van der Waals surface area contributed by atoms with Gasteiger partial charge in [-0.3, -0.25) is 9.78 Å². The van der Waals surface area contributed by atoms with E-state index in [0.29, 0.717) is 18.7 Å². The molecule has 3 N–H and O–H groups in total. The van der Waals surface area contributed by atoms with Gasteiger partial charge in [-0.15, -0.1) is 0 Å². The molecule has 2 rings (SSSR count). The van der Waals surface area contributed by atoms with E-state index in [1.54, 1.807) is 12.4 Å². The van der Waals surface area contributed by atoms with Crippen LogP contribution in [0.2, 0.25) is 0 Å². The van der Waals surface area contributed by atoms with Crippen LogP contribution in [0.3, 0.4) is 0 Å². The Labute approximate surface area is 137 Å². The molecule has 2 aromatic rings. The molecule has 0 aliphatic rings. The third kappa shape index (κ3) is 4.53. The number of hydrogen-bond donors (Lipinski definition) is 2. The third-order valence-electron chi connectivity index (χ3n) is 3.73. The Kier molecular flexibility index (Phi) is 5.71. The molecule has 1 amide bonds. The summed E-state index contributed by atoms with van der Waals surface area (Å²) in [4.78, 5) is 18.4. The second-order valence-corrected chi connectivity index (χ2v) is 5.95. The Morgan fingerprint density at radius 2 is 1.91 bits per heavy atom. The fourth-order valence-electron chi connectivity index (χ4n) is 2.13. The SMILES string of the molecule is CC(CN)CNC(=O)c1cncc(-c2ccc(N(C)C)cc2)c1. The number of anilines is 1. The summed E-state index contributed by atoms with van der Waals surface area (Å²) in [5.41, 5.74) is 9.21. The van der Waals surface area contributed by atoms with Gasteiger partial charge in [-0.25, -0.2) is 0 Å². The highest BCUT2D eigenvalue weighted by Gasteiger charge is 2.09. The van der Waals surface area contributed by atoms with Gasteiger partial charge in [0.2, 0.25) is 0 Å². The largest absolute Gasteiger partial charge is 0.378 e. The first-order valence-corrected chi connectivity index (χ1v) is 7.72. The highest BCUT2D eigenvalue weighted by molar-refractivity contribution is 5.95. The molecule has 23 heavy (non-hydrogen) atoms. The smallest absolute Gasteiger partial charge is 0.252 e. The Hall–Kier alpha value is -2.40. The van der Waals surface area contributed by atoms with E-state index in [2.05, 4.69) is 10.3 Å². The minimum absolute atomic E-state index is 0.121. The quantitative estimate of drug-likeness (QED) is 0.857. The van der Waals surface area contributed by atoms with Crippen LogP contribution in [-0.2, 0) is 0 Å². The summed E-state index contributed by atoms with van der Waals surface area (Å²) in [6.07, 6.45) is 3.35. The van der Waals surface area contributed by atoms with E-state index < -0.39 is 0 Å². The standard InChI is InChI=1S/C18H24N4O/c1-13(9-19)10-21-18(23)16-8-15(11-20-12-16)14-4-6-17(7-5-14)22(2)3/h4-8,11-13H,9-10,19H2,1-3H3,(H,21,23). The van der Waals surface area contributed by atoms with Gasteiger partial charge in [-0.2, -0.15) is 0 Å². The first kappa shape index (κ1) is 17.0. The summed E-state index contributed by atoms with van der Waals surface area (Å²) in [7, 11) is 4.01. The van der Waals surface area contributed by atoms with Crippen molar-refractivity contribution in [3.63, 3.8) is 0 Å². The molecule has 1 aromatic heterocycles. The second-order valence-electron chi connectivity index (χ2n) is 5.95. The summed E-state index contributed by atoms with van der Waals surface area (Å²) in [5, 5.41) is 2.89. The van der Waals surface area contributed by atoms with Crippen LogP contribution in [0.4, 0.5) is 5.69 Å². The van der Waals surface area contributed by atoms with E-state index in [4.69, 9.17) is 5.73 Å². The summed E-state index contributed by atoms with van der Waals surface area (Å²) in [5.74, 6) is 0.137. The molecule has 1 unspecified atom stereocenters. The topological polar surface area (TPSA) is 71.2 Å². The summed E-state index contributed by atoms with van der Waals surface area (Å²) in [6, 6.07) is 10.0. The van der Waals surface area contributed by atoms with Gasteiger partial charge < -0.3 is 16.0 Å².